The van der Waals surface area contributed by atoms with Gasteiger partial charge in [-0.15, -0.1) is 0 Å². The molecule has 0 radical (unpaired) electrons. The van der Waals surface area contributed by atoms with Gasteiger partial charge in [0.05, 0.1) is 20.3 Å². The third-order valence-corrected chi connectivity index (χ3v) is 3.38. The highest BCUT2D eigenvalue weighted by Crippen LogP contribution is 2.35. The first-order valence-electron chi connectivity index (χ1n) is 5.81. The Kier molecular flexibility index (Phi) is 3.43. The Bertz CT molecular complexity index is 462. The molecule has 0 saturated carbocycles. The third-order valence-electron chi connectivity index (χ3n) is 3.38. The molecule has 5 heteroatoms. The number of nitrogens with zero attached hydrogens (tertiary/aromatic N) is 1. The van der Waals surface area contributed by atoms with Crippen LogP contribution < -0.4 is 15.2 Å². The molecule has 2 rings (SSSR count). The minimum Gasteiger partial charge on any atom is -0.493 e. The number of ether oxygens (including phenoxy) is 2. The van der Waals surface area contributed by atoms with Crippen LogP contribution in [0.1, 0.15) is 18.0 Å². The van der Waals surface area contributed by atoms with E-state index < -0.39 is 0 Å². The van der Waals surface area contributed by atoms with Gasteiger partial charge in [0.25, 0.3) is 0 Å². The molecule has 5 nitrogen and oxygen atoms in total. The van der Waals surface area contributed by atoms with E-state index in [0.717, 1.165) is 5.56 Å². The molecule has 98 valence electrons. The molecular weight excluding hydrogens is 232 g/mol. The van der Waals surface area contributed by atoms with Gasteiger partial charge in [-0.3, -0.25) is 4.79 Å². The summed E-state index contributed by atoms with van der Waals surface area (Å²) >= 11 is 0. The topological polar surface area (TPSA) is 64.8 Å². The lowest BCUT2D eigenvalue weighted by Crippen LogP contribution is -2.30. The molecule has 1 heterocycles. The van der Waals surface area contributed by atoms with Crippen LogP contribution in [0.5, 0.6) is 11.5 Å². The summed E-state index contributed by atoms with van der Waals surface area (Å²) in [5.41, 5.74) is 6.99. The second-order valence-corrected chi connectivity index (χ2v) is 4.43. The van der Waals surface area contributed by atoms with Crippen molar-refractivity contribution < 1.29 is 14.3 Å². The van der Waals surface area contributed by atoms with Gasteiger partial charge in [-0.25, -0.2) is 0 Å². The Morgan fingerprint density at radius 1 is 1.28 bits per heavy atom. The fourth-order valence-electron chi connectivity index (χ4n) is 2.41. The van der Waals surface area contributed by atoms with Gasteiger partial charge >= 0.3 is 0 Å². The molecule has 1 aliphatic heterocycles. The number of benzene rings is 1. The first-order valence-corrected chi connectivity index (χ1v) is 5.81. The molecule has 0 bridgehead atoms. The van der Waals surface area contributed by atoms with Crippen molar-refractivity contribution in [2.75, 3.05) is 21.3 Å². The minimum absolute atomic E-state index is 0.0716. The van der Waals surface area contributed by atoms with Gasteiger partial charge in [0, 0.05) is 19.5 Å². The molecule has 1 fully saturated rings. The maximum Gasteiger partial charge on any atom is 0.224 e. The van der Waals surface area contributed by atoms with Crippen molar-refractivity contribution in [1.82, 2.24) is 4.90 Å². The lowest BCUT2D eigenvalue weighted by molar-refractivity contribution is -0.127. The smallest absolute Gasteiger partial charge is 0.224 e. The Hall–Kier alpha value is -1.75. The molecule has 1 aromatic rings. The van der Waals surface area contributed by atoms with Gasteiger partial charge in [0.2, 0.25) is 5.91 Å². The number of likely N-dealkylation sites (N-methyl/N-ethyl adjacent to an activating group) is 1. The normalized spacial score (nSPS) is 23.3. The van der Waals surface area contributed by atoms with Crippen molar-refractivity contribution in [2.24, 2.45) is 5.73 Å². The molecular formula is C13H18N2O3. The van der Waals surface area contributed by atoms with Crippen molar-refractivity contribution in [1.29, 1.82) is 0 Å². The predicted molar refractivity (Wildman–Crippen MR) is 67.6 cm³/mol. The molecule has 18 heavy (non-hydrogen) atoms. The van der Waals surface area contributed by atoms with Crippen LogP contribution in [0.2, 0.25) is 0 Å². The van der Waals surface area contributed by atoms with Crippen LogP contribution >= 0.6 is 0 Å². The third kappa shape index (κ3) is 2.01. The van der Waals surface area contributed by atoms with E-state index in [2.05, 4.69) is 0 Å². The first kappa shape index (κ1) is 12.7. The molecule has 2 atom stereocenters. The van der Waals surface area contributed by atoms with Crippen LogP contribution in [-0.4, -0.2) is 38.1 Å². The van der Waals surface area contributed by atoms with Crippen LogP contribution in [0.25, 0.3) is 0 Å². The van der Waals surface area contributed by atoms with Gasteiger partial charge < -0.3 is 20.1 Å². The van der Waals surface area contributed by atoms with E-state index in [0.29, 0.717) is 17.9 Å². The van der Waals surface area contributed by atoms with Gasteiger partial charge in [-0.1, -0.05) is 6.07 Å². The minimum atomic E-state index is -0.180. The van der Waals surface area contributed by atoms with Gasteiger partial charge in [-0.05, 0) is 17.7 Å². The van der Waals surface area contributed by atoms with Gasteiger partial charge in [0.15, 0.2) is 11.5 Å². The average Bonchev–Trinajstić information content (AvgIpc) is 2.62. The van der Waals surface area contributed by atoms with Crippen molar-refractivity contribution in [3.8, 4) is 11.5 Å². The van der Waals surface area contributed by atoms with Gasteiger partial charge in [-0.2, -0.15) is 0 Å². The first-order chi connectivity index (χ1) is 8.58. The summed E-state index contributed by atoms with van der Waals surface area (Å²) in [6.07, 6.45) is 0.384. The van der Waals surface area contributed by atoms with Crippen LogP contribution in [-0.2, 0) is 4.79 Å². The summed E-state index contributed by atoms with van der Waals surface area (Å²) in [4.78, 5) is 13.3. The number of carbonyl (C=O) groups excluding carboxylic acids is 1. The summed E-state index contributed by atoms with van der Waals surface area (Å²) in [6, 6.07) is 5.34. The lowest BCUT2D eigenvalue weighted by Gasteiger charge is -2.24. The van der Waals surface area contributed by atoms with Crippen molar-refractivity contribution in [3.05, 3.63) is 23.8 Å². The largest absolute Gasteiger partial charge is 0.493 e. The molecule has 2 unspecified atom stereocenters. The zero-order chi connectivity index (χ0) is 13.3. The Labute approximate surface area is 106 Å². The number of rotatable bonds is 3. The average molecular weight is 250 g/mol. The van der Waals surface area contributed by atoms with E-state index in [-0.39, 0.29) is 18.0 Å². The van der Waals surface area contributed by atoms with Crippen LogP contribution in [0, 0.1) is 0 Å². The number of nitrogens with two attached hydrogens (primary N) is 1. The molecule has 2 N–H and O–H groups in total. The van der Waals surface area contributed by atoms with Crippen LogP contribution in [0.15, 0.2) is 18.2 Å². The summed E-state index contributed by atoms with van der Waals surface area (Å²) in [5, 5.41) is 0. The number of amides is 1. The number of likely N-dealkylation sites (tertiary alicyclic amines) is 1. The SMILES string of the molecule is COc1ccc(C2C(N)CC(=O)N2C)cc1OC. The fraction of sp³-hybridized carbons (Fsp3) is 0.462. The molecule has 0 aliphatic carbocycles. The molecule has 1 saturated heterocycles. The summed E-state index contributed by atoms with van der Waals surface area (Å²) in [7, 11) is 4.95. The van der Waals surface area contributed by atoms with E-state index in [1.165, 1.54) is 0 Å². The highest BCUT2D eigenvalue weighted by molar-refractivity contribution is 5.80. The Morgan fingerprint density at radius 2 is 1.94 bits per heavy atom. The number of carbonyl (C=O) groups is 1. The summed E-state index contributed by atoms with van der Waals surface area (Å²) < 4.78 is 10.5. The van der Waals surface area contributed by atoms with E-state index in [1.807, 2.05) is 18.2 Å². The molecule has 0 spiro atoms. The lowest BCUT2D eigenvalue weighted by atomic mass is 10.0. The zero-order valence-corrected chi connectivity index (χ0v) is 10.8. The van der Waals surface area contributed by atoms with Gasteiger partial charge in [0.1, 0.15) is 0 Å². The molecule has 0 aromatic heterocycles. The predicted octanol–water partition coefficient (Wildman–Crippen LogP) is 0.934. The van der Waals surface area contributed by atoms with E-state index in [1.54, 1.807) is 26.2 Å². The second-order valence-electron chi connectivity index (χ2n) is 4.43. The quantitative estimate of drug-likeness (QED) is 0.867. The maximum atomic E-state index is 11.6. The summed E-state index contributed by atoms with van der Waals surface area (Å²) in [5.74, 6) is 1.39. The second kappa shape index (κ2) is 4.86. The maximum absolute atomic E-state index is 11.6. The highest BCUT2D eigenvalue weighted by Gasteiger charge is 2.36. The highest BCUT2D eigenvalue weighted by atomic mass is 16.5. The monoisotopic (exact) mass is 250 g/mol. The number of hydrogen-bond acceptors (Lipinski definition) is 4. The molecule has 1 aromatic carbocycles. The van der Waals surface area contributed by atoms with Crippen molar-refractivity contribution in [3.63, 3.8) is 0 Å². The van der Waals surface area contributed by atoms with Crippen molar-refractivity contribution in [2.45, 2.75) is 18.5 Å². The zero-order valence-electron chi connectivity index (χ0n) is 10.8. The Morgan fingerprint density at radius 3 is 2.44 bits per heavy atom. The van der Waals surface area contributed by atoms with E-state index in [9.17, 15) is 4.79 Å². The van der Waals surface area contributed by atoms with Crippen LogP contribution in [0.4, 0.5) is 0 Å². The van der Waals surface area contributed by atoms with E-state index in [4.69, 9.17) is 15.2 Å². The van der Waals surface area contributed by atoms with E-state index >= 15 is 0 Å². The van der Waals surface area contributed by atoms with Crippen molar-refractivity contribution >= 4 is 5.91 Å². The Balaban J connectivity index is 2.36. The molecule has 1 aliphatic rings. The number of hydrogen-bond donors (Lipinski definition) is 1. The fourth-order valence-corrected chi connectivity index (χ4v) is 2.41. The summed E-state index contributed by atoms with van der Waals surface area (Å²) in [6.45, 7) is 0. The number of methoxy groups -OCH3 is 2. The van der Waals surface area contributed by atoms with Crippen LogP contribution in [0.3, 0.4) is 0 Å². The standard InChI is InChI=1S/C13H18N2O3/c1-15-12(16)7-9(14)13(15)8-4-5-10(17-2)11(6-8)18-3/h4-6,9,13H,7,14H2,1-3H3. The molecule has 1 amide bonds.